The summed E-state index contributed by atoms with van der Waals surface area (Å²) in [5, 5.41) is 19.7. The minimum absolute atomic E-state index is 0.0257. The number of hydrogen-bond donors (Lipinski definition) is 5. The molecule has 2 aliphatic carbocycles. The van der Waals surface area contributed by atoms with Gasteiger partial charge in [0, 0.05) is 24.9 Å². The SMILES string of the molecule is C=CCOC(=O)C(CCCNC(=O)OC(C)(C)C)NC(=O)OCC1c2ccccc2-c2ccccc21.CC(C)(C)OC(=O)NCCCC(NC(=O)OCC1c2ccccc2-c2ccccc21)C(=O)O. The highest BCUT2D eigenvalue weighted by atomic mass is 16.6. The Kier molecular flexibility index (Phi) is 18.8. The Morgan fingerprint density at radius 3 is 1.25 bits per heavy atom. The quantitative estimate of drug-likeness (QED) is 0.0273. The molecule has 6 rings (SSSR count). The van der Waals surface area contributed by atoms with Gasteiger partial charge in [-0.2, -0.15) is 0 Å². The molecule has 2 unspecified atom stereocenters. The van der Waals surface area contributed by atoms with Crippen LogP contribution in [0.5, 0.6) is 0 Å². The van der Waals surface area contributed by atoms with Crippen LogP contribution in [-0.4, -0.2) is 97.6 Å². The van der Waals surface area contributed by atoms with Gasteiger partial charge in [-0.05, 0) is 112 Å². The van der Waals surface area contributed by atoms with Crippen LogP contribution in [0.25, 0.3) is 22.3 Å². The zero-order chi connectivity index (χ0) is 50.1. The standard InChI is InChI=1S/C28H34N2O6.C25H30N2O6/c1-5-17-34-25(31)24(15-10-16-29-26(32)36-28(2,3)4)30-27(33)35-18-23-21-13-8-6-11-19(21)20-12-7-9-14-22(20)23;1-25(2,3)33-23(30)26-14-8-13-21(22(28)29)27-24(31)32-15-20-18-11-6-4-9-16(18)17-10-5-7-12-19(17)20/h5-9,11-14,23-24H,1,10,15-18H2,2-4H3,(H,29,32)(H,30,33);4-7,9-12,20-21H,8,13-15H2,1-3H3,(H,26,30)(H,27,31)(H,28,29). The number of benzene rings is 4. The van der Waals surface area contributed by atoms with E-state index in [2.05, 4.69) is 40.0 Å². The number of aliphatic carboxylic acids is 1. The molecule has 0 radical (unpaired) electrons. The Hall–Kier alpha value is -7.36. The molecular weight excluding hydrogens is 885 g/mol. The molecule has 16 heteroatoms. The van der Waals surface area contributed by atoms with Crippen LogP contribution >= 0.6 is 0 Å². The molecule has 0 fully saturated rings. The van der Waals surface area contributed by atoms with Crippen molar-refractivity contribution in [1.29, 1.82) is 0 Å². The summed E-state index contributed by atoms with van der Waals surface area (Å²) >= 11 is 0. The van der Waals surface area contributed by atoms with Crippen LogP contribution in [0, 0.1) is 0 Å². The zero-order valence-electron chi connectivity index (χ0n) is 40.1. The number of carboxylic acid groups (broad SMARTS) is 1. The first-order valence-corrected chi connectivity index (χ1v) is 23.0. The lowest BCUT2D eigenvalue weighted by atomic mass is 9.98. The van der Waals surface area contributed by atoms with E-state index >= 15 is 0 Å². The number of nitrogens with one attached hydrogen (secondary N) is 4. The highest BCUT2D eigenvalue weighted by Crippen LogP contribution is 2.45. The van der Waals surface area contributed by atoms with Gasteiger partial charge in [0.25, 0.3) is 0 Å². The molecule has 0 heterocycles. The van der Waals surface area contributed by atoms with Crippen molar-refractivity contribution in [3.05, 3.63) is 132 Å². The number of hydrogen-bond acceptors (Lipinski definition) is 11. The largest absolute Gasteiger partial charge is 0.480 e. The predicted molar refractivity (Wildman–Crippen MR) is 260 cm³/mol. The molecule has 2 atom stereocenters. The van der Waals surface area contributed by atoms with E-state index in [1.807, 2.05) is 84.9 Å². The smallest absolute Gasteiger partial charge is 0.407 e. The molecule has 5 N–H and O–H groups in total. The lowest BCUT2D eigenvalue weighted by Crippen LogP contribution is -2.43. The van der Waals surface area contributed by atoms with Crippen LogP contribution < -0.4 is 21.3 Å². The van der Waals surface area contributed by atoms with E-state index in [-0.39, 0.29) is 57.6 Å². The first kappa shape index (κ1) is 52.6. The molecule has 4 aromatic carbocycles. The van der Waals surface area contributed by atoms with E-state index in [0.717, 1.165) is 44.5 Å². The number of carboxylic acids is 1. The maximum absolute atomic E-state index is 12.7. The second-order valence-corrected chi connectivity index (χ2v) is 18.4. The monoisotopic (exact) mass is 948 g/mol. The van der Waals surface area contributed by atoms with Crippen LogP contribution in [-0.2, 0) is 33.3 Å². The molecule has 16 nitrogen and oxygen atoms in total. The number of rotatable bonds is 18. The minimum Gasteiger partial charge on any atom is -0.480 e. The van der Waals surface area contributed by atoms with Gasteiger partial charge in [0.05, 0.1) is 0 Å². The van der Waals surface area contributed by atoms with Gasteiger partial charge in [-0.1, -0.05) is 110 Å². The van der Waals surface area contributed by atoms with Gasteiger partial charge in [-0.15, -0.1) is 0 Å². The number of amides is 4. The van der Waals surface area contributed by atoms with Gasteiger partial charge >= 0.3 is 36.3 Å². The highest BCUT2D eigenvalue weighted by Gasteiger charge is 2.32. The van der Waals surface area contributed by atoms with Crippen molar-refractivity contribution >= 4 is 36.3 Å². The fourth-order valence-corrected chi connectivity index (χ4v) is 7.93. The topological polar surface area (TPSA) is 217 Å². The zero-order valence-corrected chi connectivity index (χ0v) is 40.1. The van der Waals surface area contributed by atoms with Gasteiger partial charge in [0.15, 0.2) is 0 Å². The maximum Gasteiger partial charge on any atom is 0.407 e. The molecule has 0 spiro atoms. The highest BCUT2D eigenvalue weighted by molar-refractivity contribution is 5.83. The van der Waals surface area contributed by atoms with Crippen molar-refractivity contribution < 1.29 is 57.6 Å². The average Bonchev–Trinajstić information content (AvgIpc) is 3.79. The maximum atomic E-state index is 12.7. The van der Waals surface area contributed by atoms with Crippen LogP contribution in [0.3, 0.4) is 0 Å². The first-order chi connectivity index (χ1) is 32.8. The number of carbonyl (C=O) groups is 6. The first-order valence-electron chi connectivity index (χ1n) is 23.0. The summed E-state index contributed by atoms with van der Waals surface area (Å²) in [6.45, 7) is 14.9. The molecule has 368 valence electrons. The summed E-state index contributed by atoms with van der Waals surface area (Å²) in [6.07, 6.45) is -0.0210. The van der Waals surface area contributed by atoms with E-state index in [1.54, 1.807) is 41.5 Å². The summed E-state index contributed by atoms with van der Waals surface area (Å²) in [7, 11) is 0. The lowest BCUT2D eigenvalue weighted by Gasteiger charge is -2.20. The van der Waals surface area contributed by atoms with Crippen molar-refractivity contribution in [2.45, 2.75) is 102 Å². The van der Waals surface area contributed by atoms with Gasteiger partial charge in [-0.25, -0.2) is 28.8 Å². The molecule has 4 aromatic rings. The fourth-order valence-electron chi connectivity index (χ4n) is 7.93. The van der Waals surface area contributed by atoms with Gasteiger partial charge in [0.2, 0.25) is 0 Å². The molecule has 0 aromatic heterocycles. The molecule has 0 saturated carbocycles. The number of carbonyl (C=O) groups excluding carboxylic acids is 5. The second-order valence-electron chi connectivity index (χ2n) is 18.4. The Balaban J connectivity index is 0.000000258. The van der Waals surface area contributed by atoms with E-state index in [4.69, 9.17) is 23.7 Å². The number of alkyl carbamates (subject to hydrolysis) is 4. The van der Waals surface area contributed by atoms with Gasteiger partial charge in [0.1, 0.15) is 43.1 Å². The normalized spacial score (nSPS) is 13.2. The van der Waals surface area contributed by atoms with Crippen molar-refractivity contribution in [3.8, 4) is 22.3 Å². The van der Waals surface area contributed by atoms with Crippen molar-refractivity contribution in [2.24, 2.45) is 0 Å². The third kappa shape index (κ3) is 15.9. The number of ether oxygens (including phenoxy) is 5. The molecule has 69 heavy (non-hydrogen) atoms. The van der Waals surface area contributed by atoms with Crippen LogP contribution in [0.2, 0.25) is 0 Å². The predicted octanol–water partition coefficient (Wildman–Crippen LogP) is 9.21. The average molecular weight is 949 g/mol. The van der Waals surface area contributed by atoms with E-state index in [0.29, 0.717) is 12.8 Å². The lowest BCUT2D eigenvalue weighted by molar-refractivity contribution is -0.145. The molecule has 2 aliphatic rings. The summed E-state index contributed by atoms with van der Waals surface area (Å²) in [4.78, 5) is 72.5. The summed E-state index contributed by atoms with van der Waals surface area (Å²) < 4.78 is 26.4. The molecule has 0 saturated heterocycles. The summed E-state index contributed by atoms with van der Waals surface area (Å²) in [5.41, 5.74) is 7.63. The molecule has 0 aliphatic heterocycles. The van der Waals surface area contributed by atoms with Gasteiger partial charge < -0.3 is 50.1 Å². The Morgan fingerprint density at radius 2 is 0.899 bits per heavy atom. The van der Waals surface area contributed by atoms with Crippen molar-refractivity contribution in [3.63, 3.8) is 0 Å². The summed E-state index contributed by atoms with van der Waals surface area (Å²) in [5.74, 6) is -1.96. The molecule has 0 bridgehead atoms. The van der Waals surface area contributed by atoms with Crippen LogP contribution in [0.1, 0.15) is 101 Å². The summed E-state index contributed by atoms with van der Waals surface area (Å²) in [6, 6.07) is 30.0. The van der Waals surface area contributed by atoms with Crippen molar-refractivity contribution in [2.75, 3.05) is 32.9 Å². The van der Waals surface area contributed by atoms with Crippen molar-refractivity contribution in [1.82, 2.24) is 21.3 Å². The van der Waals surface area contributed by atoms with E-state index in [9.17, 15) is 33.9 Å². The third-order valence-electron chi connectivity index (χ3n) is 10.9. The Bertz CT molecular complexity index is 2350. The number of esters is 1. The van der Waals surface area contributed by atoms with Crippen LogP contribution in [0.15, 0.2) is 110 Å². The fraction of sp³-hybridized carbons (Fsp3) is 0.396. The molecular formula is C53H64N4O12. The van der Waals surface area contributed by atoms with E-state index in [1.165, 1.54) is 6.08 Å². The molecule has 4 amide bonds. The Labute approximate surface area is 403 Å². The number of fused-ring (bicyclic) bond motifs is 6. The van der Waals surface area contributed by atoms with E-state index < -0.39 is 59.6 Å². The Morgan fingerprint density at radius 1 is 0.551 bits per heavy atom. The minimum atomic E-state index is -1.17. The second kappa shape index (κ2) is 24.6. The van der Waals surface area contributed by atoms with Gasteiger partial charge in [-0.3, -0.25) is 0 Å². The van der Waals surface area contributed by atoms with Crippen LogP contribution in [0.4, 0.5) is 19.2 Å². The third-order valence-corrected chi connectivity index (χ3v) is 10.9.